The Morgan fingerprint density at radius 2 is 1.86 bits per heavy atom. The molecule has 0 aliphatic carbocycles. The molecule has 1 aliphatic heterocycles. The number of para-hydroxylation sites is 1. The van der Waals surface area contributed by atoms with Crippen LogP contribution in [0, 0.1) is 0 Å². The van der Waals surface area contributed by atoms with Gasteiger partial charge in [0.2, 0.25) is 0 Å². The van der Waals surface area contributed by atoms with Gasteiger partial charge in [0.15, 0.2) is 0 Å². The maximum absolute atomic E-state index is 12.3. The number of fused-ring (bicyclic) bond motifs is 1. The van der Waals surface area contributed by atoms with Crippen molar-refractivity contribution in [3.8, 4) is 5.75 Å². The largest absolute Gasteiger partial charge is 0.497 e. The van der Waals surface area contributed by atoms with Crippen molar-refractivity contribution < 1.29 is 14.3 Å². The zero-order chi connectivity index (χ0) is 14.8. The molecule has 0 bridgehead atoms. The van der Waals surface area contributed by atoms with Gasteiger partial charge < -0.3 is 10.3 Å². The monoisotopic (exact) mass is 279 g/mol. The molecule has 2 aromatic rings. The molecule has 1 amide bonds. The lowest BCUT2D eigenvalue weighted by Gasteiger charge is -2.15. The number of hydrogen-bond acceptors (Lipinski definition) is 2. The Balaban J connectivity index is 1.95. The average molecular weight is 279 g/mol. The fourth-order valence-electron chi connectivity index (χ4n) is 2.43. The van der Waals surface area contributed by atoms with E-state index in [4.69, 9.17) is 10.3 Å². The first-order valence-corrected chi connectivity index (χ1v) is 6.51. The summed E-state index contributed by atoms with van der Waals surface area (Å²) in [6, 6.07) is 14.8. The molecule has 0 fully saturated rings. The van der Waals surface area contributed by atoms with E-state index >= 15 is 0 Å². The molecular weight excluding hydrogens is 266 g/mol. The van der Waals surface area contributed by atoms with Crippen LogP contribution in [0.15, 0.2) is 48.5 Å². The number of amides is 1. The van der Waals surface area contributed by atoms with Gasteiger partial charge in [-0.15, -0.1) is 0 Å². The van der Waals surface area contributed by atoms with Crippen molar-refractivity contribution in [1.29, 1.82) is 0 Å². The maximum Gasteiger partial charge on any atom is 0.389 e. The lowest BCUT2D eigenvalue weighted by atomic mass is 10.1. The first-order valence-electron chi connectivity index (χ1n) is 6.51. The van der Waals surface area contributed by atoms with Crippen LogP contribution >= 0.6 is 0 Å². The minimum absolute atomic E-state index is 0.0825. The molecular formula is C16H13N3O2. The van der Waals surface area contributed by atoms with Gasteiger partial charge in [-0.3, -0.25) is 9.69 Å². The quantitative estimate of drug-likeness (QED) is 0.639. The molecule has 21 heavy (non-hydrogen) atoms. The highest BCUT2D eigenvalue weighted by Gasteiger charge is 2.40. The Labute approximate surface area is 122 Å². The van der Waals surface area contributed by atoms with Gasteiger partial charge in [-0.25, -0.2) is 0 Å². The molecule has 2 aromatic carbocycles. The summed E-state index contributed by atoms with van der Waals surface area (Å²) >= 11 is 0. The summed E-state index contributed by atoms with van der Waals surface area (Å²) in [5.74, 6) is 0.471. The van der Waals surface area contributed by atoms with E-state index in [-0.39, 0.29) is 11.6 Å². The molecule has 0 saturated heterocycles. The molecule has 0 atom stereocenters. The van der Waals surface area contributed by atoms with Crippen LogP contribution in [0.3, 0.4) is 0 Å². The summed E-state index contributed by atoms with van der Waals surface area (Å²) in [6.45, 7) is 0.416. The summed E-state index contributed by atoms with van der Waals surface area (Å²) in [5.41, 5.74) is 11.5. The first kappa shape index (κ1) is 13.1. The topological polar surface area (TPSA) is 65.9 Å². The number of carbonyl (C=O) groups is 1. The minimum atomic E-state index is -0.297. The molecule has 0 radical (unpaired) electrons. The predicted molar refractivity (Wildman–Crippen MR) is 78.4 cm³/mol. The number of methoxy groups -OCH3 is 1. The predicted octanol–water partition coefficient (Wildman–Crippen LogP) is 2.26. The zero-order valence-electron chi connectivity index (χ0n) is 11.5. The Morgan fingerprint density at radius 3 is 2.52 bits per heavy atom. The highest BCUT2D eigenvalue weighted by Crippen LogP contribution is 2.29. The second-order valence-electron chi connectivity index (χ2n) is 4.71. The molecule has 0 aromatic heterocycles. The van der Waals surface area contributed by atoms with E-state index in [1.807, 2.05) is 42.5 Å². The van der Waals surface area contributed by atoms with Crippen molar-refractivity contribution in [2.45, 2.75) is 6.54 Å². The van der Waals surface area contributed by atoms with Crippen LogP contribution < -0.4 is 9.64 Å². The molecule has 5 heteroatoms. The van der Waals surface area contributed by atoms with Gasteiger partial charge in [0.1, 0.15) is 5.75 Å². The second kappa shape index (κ2) is 5.23. The molecule has 5 nitrogen and oxygen atoms in total. The number of ether oxygens (including phenoxy) is 1. The summed E-state index contributed by atoms with van der Waals surface area (Å²) in [4.78, 5) is 17.1. The third-order valence-electron chi connectivity index (χ3n) is 3.50. The van der Waals surface area contributed by atoms with E-state index in [2.05, 4.69) is 4.79 Å². The Kier molecular flexibility index (Phi) is 3.26. The van der Waals surface area contributed by atoms with Crippen molar-refractivity contribution in [3.63, 3.8) is 0 Å². The summed E-state index contributed by atoms with van der Waals surface area (Å²) < 4.78 is 5.12. The number of nitrogens with zero attached hydrogens (tertiary/aromatic N) is 3. The van der Waals surface area contributed by atoms with Crippen LogP contribution in [0.1, 0.15) is 11.1 Å². The lowest BCUT2D eigenvalue weighted by Crippen LogP contribution is -2.29. The van der Waals surface area contributed by atoms with E-state index in [0.717, 1.165) is 17.0 Å². The number of rotatable bonds is 3. The van der Waals surface area contributed by atoms with Crippen LogP contribution in [0.2, 0.25) is 0 Å². The number of benzene rings is 2. The van der Waals surface area contributed by atoms with Crippen LogP contribution in [0.25, 0.3) is 5.53 Å². The van der Waals surface area contributed by atoms with Crippen LogP contribution in [-0.4, -0.2) is 23.5 Å². The SMILES string of the molecule is COc1ccc(CN2C(=O)C(=[N+]=[N-])c3ccccc32)cc1. The van der Waals surface area contributed by atoms with E-state index < -0.39 is 0 Å². The van der Waals surface area contributed by atoms with E-state index in [1.54, 1.807) is 18.1 Å². The fourth-order valence-corrected chi connectivity index (χ4v) is 2.43. The van der Waals surface area contributed by atoms with Gasteiger partial charge in [-0.2, -0.15) is 4.79 Å². The van der Waals surface area contributed by atoms with Gasteiger partial charge >= 0.3 is 11.6 Å². The minimum Gasteiger partial charge on any atom is -0.497 e. The lowest BCUT2D eigenvalue weighted by molar-refractivity contribution is -0.116. The van der Waals surface area contributed by atoms with Crippen LogP contribution in [0.5, 0.6) is 5.75 Å². The van der Waals surface area contributed by atoms with Crippen LogP contribution in [-0.2, 0) is 11.3 Å². The molecule has 3 rings (SSSR count). The molecule has 0 unspecified atom stereocenters. The Hall–Kier alpha value is -2.91. The molecule has 0 spiro atoms. The van der Waals surface area contributed by atoms with Gasteiger partial charge in [-0.05, 0) is 29.8 Å². The normalized spacial score (nSPS) is 13.1. The molecule has 1 heterocycles. The van der Waals surface area contributed by atoms with Gasteiger partial charge in [-0.1, -0.05) is 24.3 Å². The van der Waals surface area contributed by atoms with Crippen molar-refractivity contribution in [1.82, 2.24) is 0 Å². The molecule has 1 aliphatic rings. The Morgan fingerprint density at radius 1 is 1.14 bits per heavy atom. The third kappa shape index (κ3) is 2.20. The highest BCUT2D eigenvalue weighted by molar-refractivity contribution is 6.52. The average Bonchev–Trinajstić information content (AvgIpc) is 2.80. The Bertz CT molecular complexity index is 746. The zero-order valence-corrected chi connectivity index (χ0v) is 11.5. The smallest absolute Gasteiger partial charge is 0.389 e. The van der Waals surface area contributed by atoms with E-state index in [9.17, 15) is 4.79 Å². The standard InChI is InChI=1S/C16H13N3O2/c1-21-12-8-6-11(7-9-12)10-19-14-5-3-2-4-13(14)15(18-17)16(19)20/h2-9H,10H2,1H3. The van der Waals surface area contributed by atoms with Crippen LogP contribution in [0.4, 0.5) is 5.69 Å². The fraction of sp³-hybridized carbons (Fsp3) is 0.125. The van der Waals surface area contributed by atoms with Gasteiger partial charge in [0, 0.05) is 0 Å². The summed E-state index contributed by atoms with van der Waals surface area (Å²) in [7, 11) is 1.61. The van der Waals surface area contributed by atoms with E-state index in [1.165, 1.54) is 0 Å². The van der Waals surface area contributed by atoms with Gasteiger partial charge in [0.05, 0.1) is 24.9 Å². The van der Waals surface area contributed by atoms with Crippen molar-refractivity contribution in [3.05, 3.63) is 65.2 Å². The van der Waals surface area contributed by atoms with E-state index in [0.29, 0.717) is 12.1 Å². The van der Waals surface area contributed by atoms with Crippen molar-refractivity contribution >= 4 is 17.3 Å². The summed E-state index contributed by atoms with van der Waals surface area (Å²) in [6.07, 6.45) is 0. The molecule has 0 saturated carbocycles. The van der Waals surface area contributed by atoms with Crippen molar-refractivity contribution in [2.75, 3.05) is 12.0 Å². The second-order valence-corrected chi connectivity index (χ2v) is 4.71. The molecule has 0 N–H and O–H groups in total. The first-order chi connectivity index (χ1) is 10.2. The number of hydrogen-bond donors (Lipinski definition) is 0. The number of anilines is 1. The number of carbonyl (C=O) groups excluding carboxylic acids is 1. The van der Waals surface area contributed by atoms with Crippen molar-refractivity contribution in [2.24, 2.45) is 0 Å². The third-order valence-corrected chi connectivity index (χ3v) is 3.50. The summed E-state index contributed by atoms with van der Waals surface area (Å²) in [5, 5.41) is 0. The van der Waals surface area contributed by atoms with Gasteiger partial charge in [0.25, 0.3) is 0 Å². The maximum atomic E-state index is 12.3. The molecule has 104 valence electrons. The highest BCUT2D eigenvalue weighted by atomic mass is 16.5.